The standard InChI is InChI=1S/C28H39F2NO4/c1-27(2)34-21-24-19-23(12-13-26(24)35-27)25(32)20-31-16-8-14-28(29,30)15-18-33-17-7-6-11-22-9-4-3-5-10-22/h3-5,9-10,12-13,19,25,31-32H,6-8,11,14-18,20-21H2,1-2H3/t25-/m0/s1. The molecule has 0 amide bonds. The molecule has 7 heteroatoms. The minimum absolute atomic E-state index is 0.0768. The second kappa shape index (κ2) is 13.3. The van der Waals surface area contributed by atoms with Gasteiger partial charge in [0.25, 0.3) is 0 Å². The third kappa shape index (κ3) is 9.84. The molecule has 0 saturated heterocycles. The summed E-state index contributed by atoms with van der Waals surface area (Å²) in [6.07, 6.45) is 1.98. The van der Waals surface area contributed by atoms with E-state index >= 15 is 0 Å². The van der Waals surface area contributed by atoms with Crippen LogP contribution in [0.2, 0.25) is 0 Å². The molecule has 1 heterocycles. The molecule has 0 saturated carbocycles. The highest BCUT2D eigenvalue weighted by molar-refractivity contribution is 5.39. The number of fused-ring (bicyclic) bond motifs is 1. The van der Waals surface area contributed by atoms with E-state index in [1.807, 2.05) is 50.2 Å². The predicted octanol–water partition coefficient (Wildman–Crippen LogP) is 5.80. The molecule has 0 aliphatic carbocycles. The van der Waals surface area contributed by atoms with Crippen LogP contribution in [0.25, 0.3) is 0 Å². The summed E-state index contributed by atoms with van der Waals surface area (Å²) >= 11 is 0. The van der Waals surface area contributed by atoms with Gasteiger partial charge in [0.1, 0.15) is 5.75 Å². The maximum atomic E-state index is 14.1. The van der Waals surface area contributed by atoms with Crippen molar-refractivity contribution in [3.05, 3.63) is 65.2 Å². The summed E-state index contributed by atoms with van der Waals surface area (Å²) in [7, 11) is 0. The van der Waals surface area contributed by atoms with Crippen LogP contribution in [-0.2, 0) is 22.5 Å². The Morgan fingerprint density at radius 2 is 1.86 bits per heavy atom. The maximum absolute atomic E-state index is 14.1. The van der Waals surface area contributed by atoms with Crippen molar-refractivity contribution in [2.75, 3.05) is 26.3 Å². The Labute approximate surface area is 207 Å². The van der Waals surface area contributed by atoms with E-state index < -0.39 is 17.8 Å². The van der Waals surface area contributed by atoms with Crippen LogP contribution in [0.3, 0.4) is 0 Å². The molecule has 0 bridgehead atoms. The topological polar surface area (TPSA) is 60.0 Å². The van der Waals surface area contributed by atoms with Crippen molar-refractivity contribution >= 4 is 0 Å². The molecule has 0 aromatic heterocycles. The third-order valence-corrected chi connectivity index (χ3v) is 6.09. The molecule has 3 rings (SSSR count). The Hall–Kier alpha value is -2.06. The van der Waals surface area contributed by atoms with Crippen LogP contribution in [0.1, 0.15) is 68.7 Å². The van der Waals surface area contributed by atoms with Crippen LogP contribution in [0.4, 0.5) is 8.78 Å². The first-order valence-electron chi connectivity index (χ1n) is 12.6. The number of halogens is 2. The van der Waals surface area contributed by atoms with Gasteiger partial charge in [-0.15, -0.1) is 0 Å². The molecule has 194 valence electrons. The normalized spacial score (nSPS) is 15.9. The Morgan fingerprint density at radius 1 is 1.06 bits per heavy atom. The molecule has 2 N–H and O–H groups in total. The SMILES string of the molecule is CC1(C)OCc2cc([C@@H](O)CNCCCC(F)(F)CCOCCCCc3ccccc3)ccc2O1. The number of benzene rings is 2. The number of rotatable bonds is 15. The molecule has 2 aromatic rings. The van der Waals surface area contributed by atoms with E-state index in [2.05, 4.69) is 17.4 Å². The number of hydrogen-bond acceptors (Lipinski definition) is 5. The highest BCUT2D eigenvalue weighted by atomic mass is 19.3. The van der Waals surface area contributed by atoms with Gasteiger partial charge in [-0.25, -0.2) is 8.78 Å². The monoisotopic (exact) mass is 491 g/mol. The summed E-state index contributed by atoms with van der Waals surface area (Å²) in [5, 5.41) is 13.5. The van der Waals surface area contributed by atoms with Gasteiger partial charge in [-0.1, -0.05) is 36.4 Å². The molecule has 5 nitrogen and oxygen atoms in total. The summed E-state index contributed by atoms with van der Waals surface area (Å²) in [6, 6.07) is 15.8. The number of aryl methyl sites for hydroxylation is 1. The fraction of sp³-hybridized carbons (Fsp3) is 0.571. The number of aliphatic hydroxyl groups excluding tert-OH is 1. The second-order valence-corrected chi connectivity index (χ2v) is 9.64. The molecule has 35 heavy (non-hydrogen) atoms. The van der Waals surface area contributed by atoms with Crippen molar-refractivity contribution in [2.24, 2.45) is 0 Å². The van der Waals surface area contributed by atoms with Gasteiger partial charge in [-0.2, -0.15) is 0 Å². The summed E-state index contributed by atoms with van der Waals surface area (Å²) in [5.74, 6) is -2.65. The average molecular weight is 492 g/mol. The maximum Gasteiger partial charge on any atom is 0.250 e. The molecule has 0 fully saturated rings. The molecule has 2 aromatic carbocycles. The Bertz CT molecular complexity index is 892. The molecule has 0 unspecified atom stereocenters. The first kappa shape index (κ1) is 27.5. The Balaban J connectivity index is 1.23. The molecular weight excluding hydrogens is 452 g/mol. The lowest BCUT2D eigenvalue weighted by Crippen LogP contribution is -2.35. The number of unbranched alkanes of at least 4 members (excludes halogenated alkanes) is 1. The molecule has 1 aliphatic rings. The Kier molecular flexibility index (Phi) is 10.5. The van der Waals surface area contributed by atoms with E-state index in [0.29, 0.717) is 32.7 Å². The van der Waals surface area contributed by atoms with E-state index in [4.69, 9.17) is 14.2 Å². The minimum Gasteiger partial charge on any atom is -0.463 e. The summed E-state index contributed by atoms with van der Waals surface area (Å²) in [4.78, 5) is 0. The first-order chi connectivity index (χ1) is 16.7. The van der Waals surface area contributed by atoms with Crippen molar-refractivity contribution in [3.63, 3.8) is 0 Å². The molecule has 0 radical (unpaired) electrons. The second-order valence-electron chi connectivity index (χ2n) is 9.64. The number of aliphatic hydroxyl groups is 1. The van der Waals surface area contributed by atoms with Crippen molar-refractivity contribution in [1.82, 2.24) is 5.32 Å². The molecular formula is C28H39F2NO4. The number of alkyl halides is 2. The summed E-state index contributed by atoms with van der Waals surface area (Å²) in [5.41, 5.74) is 2.92. The van der Waals surface area contributed by atoms with Gasteiger partial charge < -0.3 is 24.6 Å². The van der Waals surface area contributed by atoms with Gasteiger partial charge in [0.2, 0.25) is 11.7 Å². The highest BCUT2D eigenvalue weighted by Crippen LogP contribution is 2.33. The van der Waals surface area contributed by atoms with Gasteiger partial charge in [-0.3, -0.25) is 0 Å². The highest BCUT2D eigenvalue weighted by Gasteiger charge is 2.28. The van der Waals surface area contributed by atoms with Crippen molar-refractivity contribution in [2.45, 2.75) is 76.8 Å². The number of hydrogen-bond donors (Lipinski definition) is 2. The van der Waals surface area contributed by atoms with Crippen LogP contribution in [0.5, 0.6) is 5.75 Å². The van der Waals surface area contributed by atoms with Crippen LogP contribution < -0.4 is 10.1 Å². The van der Waals surface area contributed by atoms with Gasteiger partial charge >= 0.3 is 0 Å². The van der Waals surface area contributed by atoms with E-state index in [1.54, 1.807) is 0 Å². The minimum atomic E-state index is -2.74. The van der Waals surface area contributed by atoms with Crippen molar-refractivity contribution in [1.29, 1.82) is 0 Å². The van der Waals surface area contributed by atoms with Gasteiger partial charge in [0.05, 0.1) is 19.3 Å². The summed E-state index contributed by atoms with van der Waals surface area (Å²) < 4.78 is 45.0. The van der Waals surface area contributed by atoms with Crippen LogP contribution >= 0.6 is 0 Å². The zero-order valence-electron chi connectivity index (χ0n) is 20.9. The Morgan fingerprint density at radius 3 is 2.66 bits per heavy atom. The fourth-order valence-electron chi connectivity index (χ4n) is 4.02. The van der Waals surface area contributed by atoms with E-state index in [9.17, 15) is 13.9 Å². The van der Waals surface area contributed by atoms with E-state index in [-0.39, 0.29) is 19.4 Å². The fourth-order valence-corrected chi connectivity index (χ4v) is 4.02. The quantitative estimate of drug-likeness (QED) is 0.309. The smallest absolute Gasteiger partial charge is 0.250 e. The lowest BCUT2D eigenvalue weighted by Gasteiger charge is -2.33. The lowest BCUT2D eigenvalue weighted by atomic mass is 10.0. The molecule has 1 aliphatic heterocycles. The number of ether oxygens (including phenoxy) is 3. The average Bonchev–Trinajstić information content (AvgIpc) is 2.83. The van der Waals surface area contributed by atoms with E-state index in [0.717, 1.165) is 36.1 Å². The van der Waals surface area contributed by atoms with Gasteiger partial charge in [0.15, 0.2) is 0 Å². The van der Waals surface area contributed by atoms with Crippen molar-refractivity contribution < 1.29 is 28.1 Å². The van der Waals surface area contributed by atoms with E-state index in [1.165, 1.54) is 5.56 Å². The van der Waals surface area contributed by atoms with Crippen LogP contribution in [-0.4, -0.2) is 43.1 Å². The van der Waals surface area contributed by atoms with Crippen LogP contribution in [0.15, 0.2) is 48.5 Å². The predicted molar refractivity (Wildman–Crippen MR) is 133 cm³/mol. The summed E-state index contributed by atoms with van der Waals surface area (Å²) in [6.45, 7) is 5.43. The zero-order chi connectivity index (χ0) is 25.2. The van der Waals surface area contributed by atoms with Gasteiger partial charge in [-0.05, 0) is 55.5 Å². The third-order valence-electron chi connectivity index (χ3n) is 6.09. The lowest BCUT2D eigenvalue weighted by molar-refractivity contribution is -0.180. The molecule has 0 spiro atoms. The number of nitrogens with one attached hydrogen (secondary N) is 1. The first-order valence-corrected chi connectivity index (χ1v) is 12.6. The van der Waals surface area contributed by atoms with Crippen LogP contribution in [0, 0.1) is 0 Å². The van der Waals surface area contributed by atoms with Crippen molar-refractivity contribution in [3.8, 4) is 5.75 Å². The van der Waals surface area contributed by atoms with Gasteiger partial charge in [0, 0.05) is 45.4 Å². The largest absolute Gasteiger partial charge is 0.463 e. The zero-order valence-corrected chi connectivity index (χ0v) is 20.9. The molecule has 1 atom stereocenters.